The highest BCUT2D eigenvalue weighted by Gasteiger charge is 2.17. The first-order chi connectivity index (χ1) is 6.13. The van der Waals surface area contributed by atoms with Crippen molar-refractivity contribution >= 4 is 34.5 Å². The molecule has 0 radical (unpaired) electrons. The van der Waals surface area contributed by atoms with Crippen molar-refractivity contribution in [1.29, 1.82) is 0 Å². The molecule has 0 aromatic heterocycles. The summed E-state index contributed by atoms with van der Waals surface area (Å²) in [4.78, 5) is 22.8. The summed E-state index contributed by atoms with van der Waals surface area (Å²) in [5.74, 6) is -0.636. The molecule has 2 amide bonds. The van der Waals surface area contributed by atoms with Crippen LogP contribution in [0.5, 0.6) is 0 Å². The molecule has 13 heavy (non-hydrogen) atoms. The Morgan fingerprint density at radius 2 is 1.92 bits per heavy atom. The fourth-order valence-electron chi connectivity index (χ4n) is 0.903. The van der Waals surface area contributed by atoms with Gasteiger partial charge in [-0.3, -0.25) is 14.5 Å². The molecule has 0 unspecified atom stereocenters. The maximum atomic E-state index is 11.0. The first-order valence-corrected chi connectivity index (χ1v) is 5.10. The predicted octanol–water partition coefficient (Wildman–Crippen LogP) is 2.60. The van der Waals surface area contributed by atoms with E-state index < -0.39 is 11.3 Å². The van der Waals surface area contributed by atoms with Crippen molar-refractivity contribution in [2.24, 2.45) is 0 Å². The lowest BCUT2D eigenvalue weighted by atomic mass is 10.2. The molecule has 0 aliphatic carbocycles. The molecule has 0 aliphatic rings. The van der Waals surface area contributed by atoms with Crippen molar-refractivity contribution in [3.63, 3.8) is 0 Å². The molecule has 0 bridgehead atoms. The van der Waals surface area contributed by atoms with Gasteiger partial charge in [-0.25, -0.2) is 0 Å². The summed E-state index contributed by atoms with van der Waals surface area (Å²) >= 11 is 10.5. The molecule has 0 saturated carbocycles. The molecule has 0 fully saturated rings. The molecule has 0 heterocycles. The number of hydrogen-bond donors (Lipinski definition) is 0. The molecule has 0 saturated heterocycles. The maximum absolute atomic E-state index is 11.0. The van der Waals surface area contributed by atoms with Crippen LogP contribution in [0.25, 0.3) is 0 Å². The van der Waals surface area contributed by atoms with Crippen molar-refractivity contribution in [3.8, 4) is 0 Å². The van der Waals surface area contributed by atoms with Gasteiger partial charge in [0.25, 0.3) is 0 Å². The number of amides is 2. The predicted molar refractivity (Wildman–Crippen MR) is 53.2 cm³/mol. The molecule has 3 nitrogen and oxygen atoms in total. The van der Waals surface area contributed by atoms with E-state index in [1.807, 2.05) is 6.92 Å². The maximum Gasteiger partial charge on any atom is 0.323 e. The molecule has 0 rings (SSSR count). The number of unbranched alkanes of at least 4 members (excludes halogenated alkanes) is 2. The Balaban J connectivity index is 3.95. The minimum Gasteiger partial charge on any atom is -0.273 e. The second kappa shape index (κ2) is 7.15. The van der Waals surface area contributed by atoms with Crippen LogP contribution >= 0.6 is 23.2 Å². The number of rotatable bonds is 5. The number of carbonyl (C=O) groups is 2. The van der Waals surface area contributed by atoms with E-state index in [4.69, 9.17) is 23.2 Å². The van der Waals surface area contributed by atoms with Crippen molar-refractivity contribution in [2.75, 3.05) is 12.4 Å². The average molecular weight is 226 g/mol. The molecule has 0 aliphatic heterocycles. The molecule has 0 N–H and O–H groups in total. The van der Waals surface area contributed by atoms with Crippen molar-refractivity contribution in [2.45, 2.75) is 26.2 Å². The van der Waals surface area contributed by atoms with Crippen molar-refractivity contribution in [3.05, 3.63) is 0 Å². The van der Waals surface area contributed by atoms with E-state index >= 15 is 0 Å². The van der Waals surface area contributed by atoms with Gasteiger partial charge >= 0.3 is 5.37 Å². The summed E-state index contributed by atoms with van der Waals surface area (Å²) in [7, 11) is 0. The minimum absolute atomic E-state index is 0.204. The summed E-state index contributed by atoms with van der Waals surface area (Å²) in [6.45, 7) is 2.40. The summed E-state index contributed by atoms with van der Waals surface area (Å²) in [5, 5.41) is -0.748. The molecule has 0 aromatic rings. The molecule has 0 atom stereocenters. The molecule has 0 spiro atoms. The van der Waals surface area contributed by atoms with Gasteiger partial charge in [0.05, 0.1) is 0 Å². The molecule has 5 heteroatoms. The van der Waals surface area contributed by atoms with Gasteiger partial charge in [0.1, 0.15) is 5.88 Å². The first-order valence-electron chi connectivity index (χ1n) is 4.19. The van der Waals surface area contributed by atoms with E-state index in [0.717, 1.165) is 24.2 Å². The SMILES string of the molecule is CCCCCN(C(=O)Cl)C(=O)CCl. The Kier molecular flexibility index (Phi) is 7.00. The van der Waals surface area contributed by atoms with Crippen LogP contribution in [0, 0.1) is 0 Å². The average Bonchev–Trinajstić information content (AvgIpc) is 2.11. The summed E-state index contributed by atoms with van der Waals surface area (Å²) in [6.07, 6.45) is 2.77. The fourth-order valence-corrected chi connectivity index (χ4v) is 1.23. The quantitative estimate of drug-likeness (QED) is 0.312. The Hall–Kier alpha value is -0.280. The Morgan fingerprint density at radius 3 is 2.31 bits per heavy atom. The van der Waals surface area contributed by atoms with Crippen molar-refractivity contribution in [1.82, 2.24) is 4.90 Å². The summed E-state index contributed by atoms with van der Waals surface area (Å²) < 4.78 is 0. The van der Waals surface area contributed by atoms with Crippen LogP contribution < -0.4 is 0 Å². The van der Waals surface area contributed by atoms with Gasteiger partial charge in [0.15, 0.2) is 0 Å². The van der Waals surface area contributed by atoms with Crippen LogP contribution in [0.15, 0.2) is 0 Å². The fraction of sp³-hybridized carbons (Fsp3) is 0.750. The lowest BCUT2D eigenvalue weighted by Crippen LogP contribution is -2.34. The number of halogens is 2. The van der Waals surface area contributed by atoms with Gasteiger partial charge < -0.3 is 0 Å². The third kappa shape index (κ3) is 5.11. The monoisotopic (exact) mass is 225 g/mol. The van der Waals surface area contributed by atoms with Gasteiger partial charge in [-0.05, 0) is 18.0 Å². The van der Waals surface area contributed by atoms with Gasteiger partial charge in [0, 0.05) is 6.54 Å². The van der Waals surface area contributed by atoms with Crippen LogP contribution in [-0.4, -0.2) is 28.6 Å². The van der Waals surface area contributed by atoms with Crippen LogP contribution in [0.2, 0.25) is 0 Å². The number of nitrogens with zero attached hydrogens (tertiary/aromatic N) is 1. The topological polar surface area (TPSA) is 37.4 Å². The Morgan fingerprint density at radius 1 is 1.31 bits per heavy atom. The number of imide groups is 1. The van der Waals surface area contributed by atoms with E-state index in [1.165, 1.54) is 0 Å². The molecule has 76 valence electrons. The highest BCUT2D eigenvalue weighted by Crippen LogP contribution is 2.03. The second-order valence-electron chi connectivity index (χ2n) is 2.64. The second-order valence-corrected chi connectivity index (χ2v) is 3.23. The van der Waals surface area contributed by atoms with Crippen LogP contribution in [0.1, 0.15) is 26.2 Å². The third-order valence-corrected chi connectivity index (χ3v) is 2.05. The third-order valence-electron chi connectivity index (χ3n) is 1.61. The van der Waals surface area contributed by atoms with Crippen LogP contribution in [0.4, 0.5) is 4.79 Å². The van der Waals surface area contributed by atoms with E-state index in [-0.39, 0.29) is 5.88 Å². The smallest absolute Gasteiger partial charge is 0.273 e. The summed E-state index contributed by atoms with van der Waals surface area (Å²) in [5.41, 5.74) is 0. The van der Waals surface area contributed by atoms with E-state index in [0.29, 0.717) is 6.54 Å². The van der Waals surface area contributed by atoms with Gasteiger partial charge in [-0.15, -0.1) is 11.6 Å². The Bertz CT molecular complexity index is 185. The summed E-state index contributed by atoms with van der Waals surface area (Å²) in [6, 6.07) is 0. The Labute approximate surface area is 88.0 Å². The lowest BCUT2D eigenvalue weighted by molar-refractivity contribution is -0.125. The largest absolute Gasteiger partial charge is 0.323 e. The van der Waals surface area contributed by atoms with E-state index in [1.54, 1.807) is 0 Å². The van der Waals surface area contributed by atoms with Gasteiger partial charge in [-0.2, -0.15) is 0 Å². The zero-order valence-electron chi connectivity index (χ0n) is 7.56. The van der Waals surface area contributed by atoms with Crippen LogP contribution in [-0.2, 0) is 4.79 Å². The lowest BCUT2D eigenvalue weighted by Gasteiger charge is -2.15. The zero-order valence-corrected chi connectivity index (χ0v) is 9.07. The first kappa shape index (κ1) is 12.7. The minimum atomic E-state index is -0.748. The highest BCUT2D eigenvalue weighted by atomic mass is 35.5. The van der Waals surface area contributed by atoms with Crippen molar-refractivity contribution < 1.29 is 9.59 Å². The zero-order chi connectivity index (χ0) is 10.3. The van der Waals surface area contributed by atoms with Gasteiger partial charge in [-0.1, -0.05) is 19.8 Å². The van der Waals surface area contributed by atoms with E-state index in [9.17, 15) is 9.59 Å². The number of alkyl halides is 1. The molecular weight excluding hydrogens is 213 g/mol. The molecule has 0 aromatic carbocycles. The number of carbonyl (C=O) groups excluding carboxylic acids is 2. The van der Waals surface area contributed by atoms with Gasteiger partial charge in [0.2, 0.25) is 5.91 Å². The van der Waals surface area contributed by atoms with E-state index in [2.05, 4.69) is 0 Å². The highest BCUT2D eigenvalue weighted by molar-refractivity contribution is 6.64. The number of hydrogen-bond acceptors (Lipinski definition) is 2. The standard InChI is InChI=1S/C8H13Cl2NO2/c1-2-3-4-5-11(8(10)13)7(12)6-9/h2-6H2,1H3. The van der Waals surface area contributed by atoms with Crippen LogP contribution in [0.3, 0.4) is 0 Å². The molecular formula is C8H13Cl2NO2. The normalized spacial score (nSPS) is 9.77.